The van der Waals surface area contributed by atoms with Gasteiger partial charge in [-0.15, -0.1) is 0 Å². The van der Waals surface area contributed by atoms with Crippen LogP contribution in [0.3, 0.4) is 0 Å². The molecule has 53 heavy (non-hydrogen) atoms. The summed E-state index contributed by atoms with van der Waals surface area (Å²) in [6.45, 7) is 10.7. The van der Waals surface area contributed by atoms with Crippen molar-refractivity contribution >= 4 is 28.4 Å². The van der Waals surface area contributed by atoms with Crippen LogP contribution in [0.2, 0.25) is 0 Å². The number of hydrogen-bond donors (Lipinski definition) is 3. The van der Waals surface area contributed by atoms with E-state index in [4.69, 9.17) is 37.9 Å². The molecule has 13 heteroatoms. The second-order valence-electron chi connectivity index (χ2n) is 17.2. The summed E-state index contributed by atoms with van der Waals surface area (Å²) in [5.41, 5.74) is 2.12. The van der Waals surface area contributed by atoms with E-state index in [2.05, 4.69) is 42.7 Å². The Morgan fingerprint density at radius 1 is 0.868 bits per heavy atom. The number of carbonyl (C=O) groups is 1. The standard InChI is InChI=1S/C40H59IO12/c1-19-11-24-5-7-29-20(2)12-26(47-29)9-10-40-17-28(45)36(52-40)38-34(41)39(53-40)37-30(51-38)8-6-25(49-37)13-22(43)14-27-32(16-31(48-24)21(19)3)50-33(35(27)46-4)15-23(44)18-42/h19,23-39,42,44-45H,2-3,5-18H2,1,4H3/t19-,23?,24+,25?,26?,27?,28-,29+,30?,31-,32?,33-,34?,35-,36?,37+,38-,39?,40+/m1/s1. The summed E-state index contributed by atoms with van der Waals surface area (Å²) in [5, 5.41) is 31.3. The fraction of sp³-hybridized carbons (Fsp3) is 0.875. The fourth-order valence-corrected chi connectivity index (χ4v) is 11.9. The highest BCUT2D eigenvalue weighted by Crippen LogP contribution is 2.51. The van der Waals surface area contributed by atoms with Crippen molar-refractivity contribution in [3.8, 4) is 0 Å². The average Bonchev–Trinajstić information content (AvgIpc) is 3.75. The predicted octanol–water partition coefficient (Wildman–Crippen LogP) is 3.87. The molecule has 8 fully saturated rings. The molecule has 12 nitrogen and oxygen atoms in total. The molecule has 1 spiro atoms. The molecule has 0 aromatic heterocycles. The van der Waals surface area contributed by atoms with Crippen LogP contribution in [0.1, 0.15) is 90.4 Å². The monoisotopic (exact) mass is 858 g/mol. The van der Waals surface area contributed by atoms with Gasteiger partial charge < -0.3 is 53.2 Å². The van der Waals surface area contributed by atoms with Crippen molar-refractivity contribution in [2.45, 2.75) is 192 Å². The second-order valence-corrected chi connectivity index (χ2v) is 18.7. The number of carbonyl (C=O) groups excluding carboxylic acids is 1. The third kappa shape index (κ3) is 7.86. The van der Waals surface area contributed by atoms with E-state index in [0.717, 1.165) is 43.3 Å². The van der Waals surface area contributed by atoms with Crippen molar-refractivity contribution < 1.29 is 58.0 Å². The van der Waals surface area contributed by atoms with Gasteiger partial charge in [-0.25, -0.2) is 0 Å². The highest BCUT2D eigenvalue weighted by atomic mass is 127. The lowest BCUT2D eigenvalue weighted by Crippen LogP contribution is -2.63. The smallest absolute Gasteiger partial charge is 0.172 e. The van der Waals surface area contributed by atoms with Crippen LogP contribution < -0.4 is 0 Å². The van der Waals surface area contributed by atoms with Gasteiger partial charge in [0.1, 0.15) is 30.2 Å². The number of aliphatic hydroxyl groups is 3. The van der Waals surface area contributed by atoms with E-state index in [-0.39, 0.29) is 108 Å². The zero-order valence-corrected chi connectivity index (χ0v) is 33.3. The van der Waals surface area contributed by atoms with Gasteiger partial charge in [-0.1, -0.05) is 42.7 Å². The molecule has 19 atom stereocenters. The van der Waals surface area contributed by atoms with Crippen LogP contribution in [-0.4, -0.2) is 136 Å². The Hall–Kier alpha value is -0.560. The molecule has 298 valence electrons. The van der Waals surface area contributed by atoms with Gasteiger partial charge in [0.15, 0.2) is 5.79 Å². The van der Waals surface area contributed by atoms with Crippen LogP contribution in [0.15, 0.2) is 24.3 Å². The maximum atomic E-state index is 14.0. The van der Waals surface area contributed by atoms with Crippen molar-refractivity contribution in [3.05, 3.63) is 24.3 Å². The molecule has 9 unspecified atom stereocenters. The number of ether oxygens (including phenoxy) is 8. The number of aliphatic hydroxyl groups excluding tert-OH is 3. The SMILES string of the molecule is C=C1CC2CC[C@]34C[C@@H](O)C(O3)[C@@H]3OC5CCC(CC(=O)CC6C(C[C@H]7O[C@@H](CC[C@@H]1O2)C[C@@H](C)C7=C)O[C@H](CC(O)CO)[C@@H]6OC)O[C@@H]5C(O4)C3I. The molecule has 0 saturated carbocycles. The summed E-state index contributed by atoms with van der Waals surface area (Å²) in [4.78, 5) is 14.0. The summed E-state index contributed by atoms with van der Waals surface area (Å²) in [6.07, 6.45) is 2.16. The molecule has 10 bridgehead atoms. The number of rotatable bonds is 4. The number of ketones is 1. The molecule has 0 aromatic rings. The van der Waals surface area contributed by atoms with Crippen molar-refractivity contribution in [1.29, 1.82) is 0 Å². The maximum absolute atomic E-state index is 14.0. The fourth-order valence-electron chi connectivity index (χ4n) is 10.8. The first-order chi connectivity index (χ1) is 25.4. The van der Waals surface area contributed by atoms with Gasteiger partial charge in [0, 0.05) is 51.6 Å². The van der Waals surface area contributed by atoms with Gasteiger partial charge in [0.25, 0.3) is 0 Å². The van der Waals surface area contributed by atoms with Crippen molar-refractivity contribution in [2.75, 3.05) is 13.7 Å². The van der Waals surface area contributed by atoms with E-state index in [0.29, 0.717) is 32.1 Å². The summed E-state index contributed by atoms with van der Waals surface area (Å²) in [5.74, 6) is -0.945. The molecule has 0 radical (unpaired) electrons. The third-order valence-corrected chi connectivity index (χ3v) is 15.0. The van der Waals surface area contributed by atoms with E-state index in [1.54, 1.807) is 7.11 Å². The number of halogens is 1. The Morgan fingerprint density at radius 2 is 1.62 bits per heavy atom. The molecule has 8 rings (SSSR count). The van der Waals surface area contributed by atoms with E-state index in [1.807, 2.05) is 0 Å². The lowest BCUT2D eigenvalue weighted by molar-refractivity contribution is -0.274. The molecular weight excluding hydrogens is 799 g/mol. The topological polar surface area (TPSA) is 152 Å². The van der Waals surface area contributed by atoms with Gasteiger partial charge in [-0.2, -0.15) is 0 Å². The number of fused-ring (bicyclic) bond motifs is 9. The first-order valence-electron chi connectivity index (χ1n) is 20.1. The Balaban J connectivity index is 1.07. The largest absolute Gasteiger partial charge is 0.394 e. The van der Waals surface area contributed by atoms with Crippen molar-refractivity contribution in [1.82, 2.24) is 0 Å². The van der Waals surface area contributed by atoms with E-state index in [1.165, 1.54) is 0 Å². The first-order valence-corrected chi connectivity index (χ1v) is 21.3. The molecular formula is C40H59IO12. The number of alkyl halides is 1. The highest BCUT2D eigenvalue weighted by molar-refractivity contribution is 14.1. The van der Waals surface area contributed by atoms with E-state index in [9.17, 15) is 20.1 Å². The van der Waals surface area contributed by atoms with Gasteiger partial charge in [0.2, 0.25) is 0 Å². The minimum atomic E-state index is -0.979. The minimum Gasteiger partial charge on any atom is -0.394 e. The predicted molar refractivity (Wildman–Crippen MR) is 199 cm³/mol. The van der Waals surface area contributed by atoms with Crippen LogP contribution in [0.25, 0.3) is 0 Å². The van der Waals surface area contributed by atoms with Gasteiger partial charge in [-0.3, -0.25) is 4.79 Å². The van der Waals surface area contributed by atoms with Crippen molar-refractivity contribution in [3.63, 3.8) is 0 Å². The maximum Gasteiger partial charge on any atom is 0.172 e. The number of methoxy groups -OCH3 is 1. The Bertz CT molecular complexity index is 1360. The van der Waals surface area contributed by atoms with Crippen molar-refractivity contribution in [2.24, 2.45) is 11.8 Å². The summed E-state index contributed by atoms with van der Waals surface area (Å²) in [6, 6.07) is 0. The second kappa shape index (κ2) is 16.0. The Morgan fingerprint density at radius 3 is 2.42 bits per heavy atom. The normalized spacial score (nSPS) is 51.1. The Kier molecular flexibility index (Phi) is 11.9. The summed E-state index contributed by atoms with van der Waals surface area (Å²) in [7, 11) is 1.62. The quantitative estimate of drug-likeness (QED) is 0.214. The highest BCUT2D eigenvalue weighted by Gasteiger charge is 2.62. The molecule has 8 aliphatic heterocycles. The van der Waals surface area contributed by atoms with Crippen LogP contribution in [0.4, 0.5) is 0 Å². The zero-order chi connectivity index (χ0) is 37.2. The number of hydrogen-bond acceptors (Lipinski definition) is 12. The van der Waals surface area contributed by atoms with E-state index < -0.39 is 36.3 Å². The minimum absolute atomic E-state index is 0.00660. The van der Waals surface area contributed by atoms with Crippen LogP contribution in [-0.2, 0) is 42.7 Å². The van der Waals surface area contributed by atoms with E-state index >= 15 is 0 Å². The molecule has 3 N–H and O–H groups in total. The van der Waals surface area contributed by atoms with Crippen LogP contribution in [0.5, 0.6) is 0 Å². The summed E-state index contributed by atoms with van der Waals surface area (Å²) >= 11 is 2.38. The first kappa shape index (κ1) is 39.3. The molecule has 0 amide bonds. The lowest BCUT2D eigenvalue weighted by Gasteiger charge is -2.49. The molecule has 8 aliphatic rings. The Labute approximate surface area is 326 Å². The lowest BCUT2D eigenvalue weighted by atomic mass is 9.81. The molecule has 8 saturated heterocycles. The molecule has 0 aliphatic carbocycles. The number of Topliss-reactive ketones (excluding diaryl/α,β-unsaturated/α-hetero) is 1. The molecule has 0 aromatic carbocycles. The zero-order valence-electron chi connectivity index (χ0n) is 31.1. The van der Waals surface area contributed by atoms with Crippen LogP contribution in [0, 0.1) is 11.8 Å². The van der Waals surface area contributed by atoms with Crippen LogP contribution >= 0.6 is 22.6 Å². The van der Waals surface area contributed by atoms with Gasteiger partial charge in [-0.05, 0) is 62.0 Å². The summed E-state index contributed by atoms with van der Waals surface area (Å²) < 4.78 is 53.0. The average molecular weight is 859 g/mol. The van der Waals surface area contributed by atoms with Gasteiger partial charge in [0.05, 0.1) is 77.7 Å². The van der Waals surface area contributed by atoms with Gasteiger partial charge >= 0.3 is 0 Å². The molecule has 8 heterocycles. The third-order valence-electron chi connectivity index (χ3n) is 13.6.